The minimum Gasteiger partial charge on any atom is -0.394 e. The zero-order valence-corrected chi connectivity index (χ0v) is 14.6. The molecule has 1 aromatic heterocycles. The molecule has 24 heavy (non-hydrogen) atoms. The van der Waals surface area contributed by atoms with Gasteiger partial charge in [0.1, 0.15) is 5.82 Å². The third-order valence-corrected chi connectivity index (χ3v) is 4.85. The predicted molar refractivity (Wildman–Crippen MR) is 97.3 cm³/mol. The van der Waals surface area contributed by atoms with Gasteiger partial charge in [0.2, 0.25) is 5.95 Å². The maximum Gasteiger partial charge on any atom is 0.224 e. The number of fused-ring (bicyclic) bond motifs is 1. The van der Waals surface area contributed by atoms with E-state index in [1.165, 1.54) is 11.1 Å². The molecule has 0 unspecified atom stereocenters. The van der Waals surface area contributed by atoms with Crippen molar-refractivity contribution in [3.05, 3.63) is 47.7 Å². The molecule has 3 rings (SSSR count). The second kappa shape index (κ2) is 7.18. The fourth-order valence-electron chi connectivity index (χ4n) is 3.25. The zero-order valence-electron chi connectivity index (χ0n) is 14.6. The molecule has 2 aromatic rings. The van der Waals surface area contributed by atoms with Gasteiger partial charge >= 0.3 is 0 Å². The number of aliphatic hydroxyl groups excluding tert-OH is 1. The summed E-state index contributed by atoms with van der Waals surface area (Å²) in [7, 11) is 0. The quantitative estimate of drug-likeness (QED) is 0.884. The number of anilines is 2. The van der Waals surface area contributed by atoms with Gasteiger partial charge in [0.15, 0.2) is 0 Å². The lowest BCUT2D eigenvalue weighted by atomic mass is 9.94. The smallest absolute Gasteiger partial charge is 0.224 e. The number of benzene rings is 1. The number of aliphatic hydroxyl groups is 1. The molecule has 0 radical (unpaired) electrons. The Bertz CT molecular complexity index is 689. The standard InChI is InChI=1S/C19H26N4O/c1-13(2)17(12-24)21-19-20-10-8-18(22-19)23-11-9-15-6-4-5-7-16(15)14(23)3/h4-8,10,13-14,17,24H,9,11-12H2,1-3H3,(H,20,21,22)/t14-,17-/m0/s1. The number of aromatic nitrogens is 2. The Labute approximate surface area is 143 Å². The van der Waals surface area contributed by atoms with Crippen LogP contribution >= 0.6 is 0 Å². The molecule has 1 aliphatic rings. The van der Waals surface area contributed by atoms with Crippen LogP contribution in [0.4, 0.5) is 11.8 Å². The molecule has 2 atom stereocenters. The summed E-state index contributed by atoms with van der Waals surface area (Å²) in [6, 6.07) is 10.8. The topological polar surface area (TPSA) is 61.3 Å². The molecule has 2 N–H and O–H groups in total. The summed E-state index contributed by atoms with van der Waals surface area (Å²) in [6.07, 6.45) is 2.81. The maximum absolute atomic E-state index is 9.50. The van der Waals surface area contributed by atoms with Gasteiger partial charge < -0.3 is 15.3 Å². The predicted octanol–water partition coefficient (Wildman–Crippen LogP) is 3.03. The van der Waals surface area contributed by atoms with Gasteiger partial charge in [-0.3, -0.25) is 0 Å². The summed E-state index contributed by atoms with van der Waals surface area (Å²) < 4.78 is 0. The molecule has 128 valence electrons. The molecule has 5 heteroatoms. The normalized spacial score (nSPS) is 18.4. The first-order valence-electron chi connectivity index (χ1n) is 8.65. The van der Waals surface area contributed by atoms with Crippen molar-refractivity contribution in [1.82, 2.24) is 9.97 Å². The molecule has 5 nitrogen and oxygen atoms in total. The van der Waals surface area contributed by atoms with Gasteiger partial charge in [-0.25, -0.2) is 4.98 Å². The van der Waals surface area contributed by atoms with Crippen LogP contribution < -0.4 is 10.2 Å². The Morgan fingerprint density at radius 2 is 2.08 bits per heavy atom. The Balaban J connectivity index is 1.82. The SMILES string of the molecule is CC(C)[C@H](CO)Nc1nccc(N2CCc3ccccc3[C@@H]2C)n1. The first-order chi connectivity index (χ1) is 11.6. The number of rotatable bonds is 5. The second-order valence-electron chi connectivity index (χ2n) is 6.73. The van der Waals surface area contributed by atoms with Crippen LogP contribution in [-0.2, 0) is 6.42 Å². The van der Waals surface area contributed by atoms with E-state index in [1.807, 2.05) is 6.07 Å². The minimum absolute atomic E-state index is 0.0419. The van der Waals surface area contributed by atoms with Crippen LogP contribution in [0.5, 0.6) is 0 Å². The molecular weight excluding hydrogens is 300 g/mol. The lowest BCUT2D eigenvalue weighted by Gasteiger charge is -2.36. The van der Waals surface area contributed by atoms with Gasteiger partial charge in [0.25, 0.3) is 0 Å². The van der Waals surface area contributed by atoms with Crippen molar-refractivity contribution in [2.75, 3.05) is 23.4 Å². The summed E-state index contributed by atoms with van der Waals surface area (Å²) in [6.45, 7) is 7.38. The lowest BCUT2D eigenvalue weighted by molar-refractivity contribution is 0.248. The summed E-state index contributed by atoms with van der Waals surface area (Å²) >= 11 is 0. The van der Waals surface area contributed by atoms with Crippen LogP contribution in [-0.4, -0.2) is 34.3 Å². The highest BCUT2D eigenvalue weighted by Gasteiger charge is 2.25. The van der Waals surface area contributed by atoms with Crippen LogP contribution in [0.3, 0.4) is 0 Å². The molecule has 0 saturated heterocycles. The maximum atomic E-state index is 9.50. The highest BCUT2D eigenvalue weighted by molar-refractivity contribution is 5.49. The third-order valence-electron chi connectivity index (χ3n) is 4.85. The van der Waals surface area contributed by atoms with Crippen LogP contribution in [0.25, 0.3) is 0 Å². The molecule has 1 aliphatic heterocycles. The van der Waals surface area contributed by atoms with E-state index in [2.05, 4.69) is 65.2 Å². The summed E-state index contributed by atoms with van der Waals surface area (Å²) in [4.78, 5) is 11.3. The molecular formula is C19H26N4O. The molecule has 0 aliphatic carbocycles. The van der Waals surface area contributed by atoms with Crippen molar-refractivity contribution in [2.45, 2.75) is 39.3 Å². The molecule has 0 saturated carbocycles. The summed E-state index contributed by atoms with van der Waals surface area (Å²) in [5.41, 5.74) is 2.79. The molecule has 0 fully saturated rings. The molecule has 2 heterocycles. The van der Waals surface area contributed by atoms with E-state index >= 15 is 0 Å². The molecule has 0 spiro atoms. The van der Waals surface area contributed by atoms with Crippen molar-refractivity contribution < 1.29 is 5.11 Å². The van der Waals surface area contributed by atoms with Crippen LogP contribution in [0.15, 0.2) is 36.5 Å². The van der Waals surface area contributed by atoms with E-state index in [-0.39, 0.29) is 18.7 Å². The van der Waals surface area contributed by atoms with Crippen molar-refractivity contribution in [1.29, 1.82) is 0 Å². The summed E-state index contributed by atoms with van der Waals surface area (Å²) in [5.74, 6) is 1.81. The number of nitrogens with zero attached hydrogens (tertiary/aromatic N) is 3. The van der Waals surface area contributed by atoms with Gasteiger partial charge in [0.05, 0.1) is 18.7 Å². The highest BCUT2D eigenvalue weighted by Crippen LogP contribution is 2.32. The van der Waals surface area contributed by atoms with Gasteiger partial charge in [0, 0.05) is 12.7 Å². The van der Waals surface area contributed by atoms with Crippen molar-refractivity contribution in [2.24, 2.45) is 5.92 Å². The van der Waals surface area contributed by atoms with Crippen LogP contribution in [0.2, 0.25) is 0 Å². The highest BCUT2D eigenvalue weighted by atomic mass is 16.3. The van der Waals surface area contributed by atoms with Crippen LogP contribution in [0, 0.1) is 5.92 Å². The second-order valence-corrected chi connectivity index (χ2v) is 6.73. The van der Waals surface area contributed by atoms with Crippen molar-refractivity contribution in [3.8, 4) is 0 Å². The van der Waals surface area contributed by atoms with Gasteiger partial charge in [-0.2, -0.15) is 4.98 Å². The fourth-order valence-corrected chi connectivity index (χ4v) is 3.25. The van der Waals surface area contributed by atoms with Gasteiger partial charge in [-0.15, -0.1) is 0 Å². The number of hydrogen-bond acceptors (Lipinski definition) is 5. The monoisotopic (exact) mass is 326 g/mol. The van der Waals surface area contributed by atoms with E-state index in [0.717, 1.165) is 18.8 Å². The van der Waals surface area contributed by atoms with Crippen molar-refractivity contribution >= 4 is 11.8 Å². The Morgan fingerprint density at radius 1 is 1.29 bits per heavy atom. The zero-order chi connectivity index (χ0) is 17.1. The Morgan fingerprint density at radius 3 is 2.83 bits per heavy atom. The Hall–Kier alpha value is -2.14. The summed E-state index contributed by atoms with van der Waals surface area (Å²) in [5, 5.41) is 12.7. The molecule has 1 aromatic carbocycles. The largest absolute Gasteiger partial charge is 0.394 e. The first-order valence-corrected chi connectivity index (χ1v) is 8.65. The van der Waals surface area contributed by atoms with Crippen LogP contribution in [0.1, 0.15) is 37.9 Å². The lowest BCUT2D eigenvalue weighted by Crippen LogP contribution is -2.35. The molecule has 0 amide bonds. The van der Waals surface area contributed by atoms with E-state index in [4.69, 9.17) is 0 Å². The fraction of sp³-hybridized carbons (Fsp3) is 0.474. The molecule has 0 bridgehead atoms. The van der Waals surface area contributed by atoms with E-state index in [1.54, 1.807) is 6.20 Å². The Kier molecular flexibility index (Phi) is 5.00. The van der Waals surface area contributed by atoms with Gasteiger partial charge in [-0.05, 0) is 36.5 Å². The average molecular weight is 326 g/mol. The van der Waals surface area contributed by atoms with E-state index in [0.29, 0.717) is 11.9 Å². The first kappa shape index (κ1) is 16.7. The number of nitrogens with one attached hydrogen (secondary N) is 1. The van der Waals surface area contributed by atoms with E-state index < -0.39 is 0 Å². The van der Waals surface area contributed by atoms with Gasteiger partial charge in [-0.1, -0.05) is 38.1 Å². The minimum atomic E-state index is -0.0419. The van der Waals surface area contributed by atoms with E-state index in [9.17, 15) is 5.11 Å². The average Bonchev–Trinajstić information content (AvgIpc) is 2.60. The third kappa shape index (κ3) is 3.36. The van der Waals surface area contributed by atoms with Crippen molar-refractivity contribution in [3.63, 3.8) is 0 Å². The number of hydrogen-bond donors (Lipinski definition) is 2.